The van der Waals surface area contributed by atoms with Crippen molar-refractivity contribution in [2.45, 2.75) is 38.7 Å². The fourth-order valence-corrected chi connectivity index (χ4v) is 4.50. The van der Waals surface area contributed by atoms with E-state index >= 15 is 0 Å². The van der Waals surface area contributed by atoms with Gasteiger partial charge in [-0.15, -0.1) is 0 Å². The third-order valence-electron chi connectivity index (χ3n) is 6.30. The smallest absolute Gasteiger partial charge is 0.325 e. The van der Waals surface area contributed by atoms with Gasteiger partial charge in [0.15, 0.2) is 0 Å². The Morgan fingerprint density at radius 3 is 2.81 bits per heavy atom. The summed E-state index contributed by atoms with van der Waals surface area (Å²) in [4.78, 5) is 41.9. The number of ether oxygens (including phenoxy) is 2. The van der Waals surface area contributed by atoms with E-state index in [2.05, 4.69) is 15.6 Å². The van der Waals surface area contributed by atoms with Crippen LogP contribution in [0.5, 0.6) is 5.75 Å². The van der Waals surface area contributed by atoms with Crippen molar-refractivity contribution in [2.75, 3.05) is 18.5 Å². The van der Waals surface area contributed by atoms with Gasteiger partial charge >= 0.3 is 5.97 Å². The molecule has 2 aromatic carbocycles. The first-order chi connectivity index (χ1) is 18.0. The molecule has 2 aliphatic rings. The van der Waals surface area contributed by atoms with Crippen LogP contribution in [0.2, 0.25) is 0 Å². The molecule has 1 heterocycles. The Labute approximate surface area is 216 Å². The Hall–Kier alpha value is -4.20. The molecule has 2 N–H and O–H groups in total. The maximum atomic E-state index is 13.0. The van der Waals surface area contributed by atoms with Gasteiger partial charge in [0.2, 0.25) is 0 Å². The summed E-state index contributed by atoms with van der Waals surface area (Å²) < 4.78 is 11.2. The molecule has 0 saturated heterocycles. The lowest BCUT2D eigenvalue weighted by atomic mass is 9.74. The number of nitrogens with zero attached hydrogens (tertiary/aromatic N) is 1. The van der Waals surface area contributed by atoms with Crippen LogP contribution in [0.15, 0.2) is 77.7 Å². The minimum atomic E-state index is -0.523. The van der Waals surface area contributed by atoms with Crippen LogP contribution in [0.4, 0.5) is 5.69 Å². The van der Waals surface area contributed by atoms with Gasteiger partial charge in [-0.3, -0.25) is 19.4 Å². The van der Waals surface area contributed by atoms with E-state index < -0.39 is 11.8 Å². The molecular formula is C29H31N3O5. The molecule has 8 heteroatoms. The van der Waals surface area contributed by atoms with Crippen LogP contribution in [0.1, 0.15) is 43.2 Å². The van der Waals surface area contributed by atoms with Gasteiger partial charge < -0.3 is 20.1 Å². The average molecular weight is 502 g/mol. The monoisotopic (exact) mass is 501 g/mol. The Bertz CT molecular complexity index is 1220. The number of allylic oxidation sites excluding steroid dienone is 2. The third kappa shape index (κ3) is 6.94. The van der Waals surface area contributed by atoms with E-state index in [1.165, 1.54) is 0 Å². The number of Topliss-reactive ketones (excluding diaryl/α,β-unsaturated/α-hetero) is 2. The summed E-state index contributed by atoms with van der Waals surface area (Å²) in [6.45, 7) is 2.36. The lowest BCUT2D eigenvalue weighted by Crippen LogP contribution is -2.31. The fourth-order valence-electron chi connectivity index (χ4n) is 4.50. The van der Waals surface area contributed by atoms with E-state index in [1.54, 1.807) is 31.6 Å². The molecule has 1 fully saturated rings. The summed E-state index contributed by atoms with van der Waals surface area (Å²) in [5.74, 6) is -0.694. The Morgan fingerprint density at radius 2 is 2.00 bits per heavy atom. The predicted octanol–water partition coefficient (Wildman–Crippen LogP) is 4.29. The van der Waals surface area contributed by atoms with Gasteiger partial charge in [0, 0.05) is 49.7 Å². The molecule has 0 radical (unpaired) electrons. The Kier molecular flexibility index (Phi) is 8.86. The molecule has 0 bridgehead atoms. The number of anilines is 1. The average Bonchev–Trinajstić information content (AvgIpc) is 3.19. The van der Waals surface area contributed by atoms with Crippen molar-refractivity contribution in [2.24, 2.45) is 10.9 Å². The molecule has 1 aliphatic carbocycles. The minimum Gasteiger partial charge on any atom is -0.487 e. The Balaban J connectivity index is 1.70. The van der Waals surface area contributed by atoms with Crippen LogP contribution in [0.25, 0.3) is 0 Å². The first-order valence-corrected chi connectivity index (χ1v) is 12.4. The van der Waals surface area contributed by atoms with Gasteiger partial charge in [-0.2, -0.15) is 0 Å². The first-order valence-electron chi connectivity index (χ1n) is 12.4. The largest absolute Gasteiger partial charge is 0.487 e. The number of esters is 1. The SMILES string of the molecule is CCOC(=O)CNc1ccc(C(C2=CNC=CC=N2)C2CC(=O)CCC2=O)cc1OCc1ccccc1. The maximum Gasteiger partial charge on any atom is 0.325 e. The number of ketones is 2. The molecule has 1 saturated carbocycles. The number of benzene rings is 2. The van der Waals surface area contributed by atoms with Crippen LogP contribution in [-0.2, 0) is 25.7 Å². The highest BCUT2D eigenvalue weighted by Gasteiger charge is 2.37. The standard InChI is InChI=1S/C29H31N3O5/c1-2-36-28(35)18-32-24-11-9-21(15-27(24)37-19-20-7-4-3-5-8-20)29(25-17-30-13-6-14-31-25)23-16-22(33)10-12-26(23)34/h3-9,11,13-15,17,23,29-30,32H,2,10,12,16,18-19H2,1H3. The van der Waals surface area contributed by atoms with Crippen LogP contribution in [-0.4, -0.2) is 36.9 Å². The zero-order valence-corrected chi connectivity index (χ0v) is 20.8. The molecule has 4 rings (SSSR count). The number of hydrogen-bond donors (Lipinski definition) is 2. The van der Waals surface area contributed by atoms with Gasteiger partial charge in [-0.25, -0.2) is 0 Å². The summed E-state index contributed by atoms with van der Waals surface area (Å²) >= 11 is 0. The number of carbonyl (C=O) groups excluding carboxylic acids is 3. The van der Waals surface area contributed by atoms with Gasteiger partial charge in [-0.1, -0.05) is 36.4 Å². The molecule has 8 nitrogen and oxygen atoms in total. The van der Waals surface area contributed by atoms with E-state index in [-0.39, 0.29) is 43.3 Å². The van der Waals surface area contributed by atoms with Crippen LogP contribution < -0.4 is 15.4 Å². The highest BCUT2D eigenvalue weighted by molar-refractivity contribution is 5.95. The van der Waals surface area contributed by atoms with Gasteiger partial charge in [0.25, 0.3) is 0 Å². The van der Waals surface area contributed by atoms with Gasteiger partial charge in [0.05, 0.1) is 18.0 Å². The zero-order chi connectivity index (χ0) is 26.0. The molecule has 192 valence electrons. The van der Waals surface area contributed by atoms with Crippen molar-refractivity contribution in [1.29, 1.82) is 0 Å². The van der Waals surface area contributed by atoms with Crippen molar-refractivity contribution in [3.63, 3.8) is 0 Å². The molecule has 1 aliphatic heterocycles. The summed E-state index contributed by atoms with van der Waals surface area (Å²) in [5.41, 5.74) is 3.06. The number of nitrogens with one attached hydrogen (secondary N) is 2. The second kappa shape index (κ2) is 12.7. The van der Waals surface area contributed by atoms with Crippen molar-refractivity contribution < 1.29 is 23.9 Å². The second-order valence-corrected chi connectivity index (χ2v) is 8.85. The highest BCUT2D eigenvalue weighted by Crippen LogP contribution is 2.41. The predicted molar refractivity (Wildman–Crippen MR) is 141 cm³/mol. The lowest BCUT2D eigenvalue weighted by molar-refractivity contribution is -0.140. The summed E-state index contributed by atoms with van der Waals surface area (Å²) in [7, 11) is 0. The Morgan fingerprint density at radius 1 is 1.16 bits per heavy atom. The fraction of sp³-hybridized carbons (Fsp3) is 0.310. The molecular weight excluding hydrogens is 470 g/mol. The molecule has 37 heavy (non-hydrogen) atoms. The summed E-state index contributed by atoms with van der Waals surface area (Å²) in [6, 6.07) is 15.3. The van der Waals surface area contributed by atoms with Crippen LogP contribution in [0.3, 0.4) is 0 Å². The molecule has 0 amide bonds. The highest BCUT2D eigenvalue weighted by atomic mass is 16.5. The maximum absolute atomic E-state index is 13.0. The van der Waals surface area contributed by atoms with E-state index in [4.69, 9.17) is 9.47 Å². The topological polar surface area (TPSA) is 106 Å². The summed E-state index contributed by atoms with van der Waals surface area (Å²) in [5, 5.41) is 6.17. The zero-order valence-electron chi connectivity index (χ0n) is 20.8. The van der Waals surface area contributed by atoms with Crippen LogP contribution in [0, 0.1) is 5.92 Å². The van der Waals surface area contributed by atoms with Gasteiger partial charge in [0.1, 0.15) is 30.5 Å². The number of rotatable bonds is 10. The molecule has 0 spiro atoms. The van der Waals surface area contributed by atoms with Crippen molar-refractivity contribution >= 4 is 29.4 Å². The number of carbonyl (C=O) groups is 3. The molecule has 2 aromatic rings. The minimum absolute atomic E-state index is 0.0149. The molecule has 2 atom stereocenters. The quantitative estimate of drug-likeness (QED) is 0.468. The molecule has 0 aromatic heterocycles. The normalized spacial score (nSPS) is 17.9. The lowest BCUT2D eigenvalue weighted by Gasteiger charge is -2.30. The van der Waals surface area contributed by atoms with Crippen LogP contribution >= 0.6 is 0 Å². The van der Waals surface area contributed by atoms with Crippen molar-refractivity contribution in [3.8, 4) is 5.75 Å². The van der Waals surface area contributed by atoms with E-state index in [0.29, 0.717) is 30.3 Å². The molecule has 2 unspecified atom stereocenters. The van der Waals surface area contributed by atoms with E-state index in [0.717, 1.165) is 11.1 Å². The van der Waals surface area contributed by atoms with Gasteiger partial charge in [-0.05, 0) is 36.3 Å². The number of hydrogen-bond acceptors (Lipinski definition) is 8. The van der Waals surface area contributed by atoms with Crippen molar-refractivity contribution in [1.82, 2.24) is 5.32 Å². The van der Waals surface area contributed by atoms with E-state index in [9.17, 15) is 14.4 Å². The summed E-state index contributed by atoms with van der Waals surface area (Å²) in [6.07, 6.45) is 7.63. The second-order valence-electron chi connectivity index (χ2n) is 8.85. The number of aliphatic imine (C=N–C) groups is 1. The first kappa shape index (κ1) is 25.9. The van der Waals surface area contributed by atoms with Crippen molar-refractivity contribution in [3.05, 3.63) is 83.8 Å². The third-order valence-corrected chi connectivity index (χ3v) is 6.30. The van der Waals surface area contributed by atoms with E-state index in [1.807, 2.05) is 48.5 Å².